The lowest BCUT2D eigenvalue weighted by Gasteiger charge is -2.45. The third-order valence-electron chi connectivity index (χ3n) is 5.00. The summed E-state index contributed by atoms with van der Waals surface area (Å²) in [5, 5.41) is 3.48. The van der Waals surface area contributed by atoms with Crippen LogP contribution in [-0.2, 0) is 14.6 Å². The average molecular weight is 317 g/mol. The Hall–Kier alpha value is -0.130. The number of ether oxygens (including phenoxy) is 1. The molecule has 2 unspecified atom stereocenters. The van der Waals surface area contributed by atoms with E-state index in [2.05, 4.69) is 12.2 Å². The molecule has 4 nitrogen and oxygen atoms in total. The van der Waals surface area contributed by atoms with Crippen molar-refractivity contribution in [2.45, 2.75) is 69.9 Å². The lowest BCUT2D eigenvalue weighted by Crippen LogP contribution is -2.50. The van der Waals surface area contributed by atoms with Gasteiger partial charge in [0.05, 0.1) is 11.4 Å². The summed E-state index contributed by atoms with van der Waals surface area (Å²) >= 11 is 0. The third-order valence-corrected chi connectivity index (χ3v) is 5.97. The molecule has 1 saturated carbocycles. The molecule has 0 amide bonds. The van der Waals surface area contributed by atoms with Crippen LogP contribution in [0.1, 0.15) is 58.3 Å². The smallest absolute Gasteiger partial charge is 0.148 e. The fourth-order valence-electron chi connectivity index (χ4n) is 3.97. The van der Waals surface area contributed by atoms with Crippen molar-refractivity contribution in [1.82, 2.24) is 5.32 Å². The normalized spacial score (nSPS) is 27.6. The van der Waals surface area contributed by atoms with Gasteiger partial charge < -0.3 is 10.1 Å². The molecule has 0 aromatic heterocycles. The fraction of sp³-hybridized carbons (Fsp3) is 1.00. The number of rotatable bonds is 6. The molecule has 0 aromatic carbocycles. The van der Waals surface area contributed by atoms with E-state index in [0.29, 0.717) is 5.92 Å². The van der Waals surface area contributed by atoms with E-state index >= 15 is 0 Å². The van der Waals surface area contributed by atoms with Crippen molar-refractivity contribution in [3.63, 3.8) is 0 Å². The highest BCUT2D eigenvalue weighted by Gasteiger charge is 2.41. The average Bonchev–Trinajstić information content (AvgIpc) is 2.43. The topological polar surface area (TPSA) is 55.4 Å². The molecule has 2 fully saturated rings. The first-order valence-electron chi connectivity index (χ1n) is 8.49. The molecular weight excluding hydrogens is 286 g/mol. The minimum atomic E-state index is -2.95. The Balaban J connectivity index is 2.03. The molecule has 0 aromatic rings. The SMILES string of the molecule is CCCNC(CS(C)(=O)=O)C1CCOC2(CCCCC2)C1. The zero-order chi connectivity index (χ0) is 15.3. The second-order valence-corrected chi connectivity index (χ2v) is 9.18. The molecular formula is C16H31NO3S. The van der Waals surface area contributed by atoms with E-state index in [1.807, 2.05) is 0 Å². The maximum Gasteiger partial charge on any atom is 0.148 e. The van der Waals surface area contributed by atoms with E-state index in [-0.39, 0.29) is 17.4 Å². The molecule has 2 rings (SSSR count). The molecule has 1 N–H and O–H groups in total. The van der Waals surface area contributed by atoms with Crippen LogP contribution in [0, 0.1) is 5.92 Å². The number of sulfone groups is 1. The molecule has 2 aliphatic rings. The van der Waals surface area contributed by atoms with Crippen LogP contribution >= 0.6 is 0 Å². The highest BCUT2D eigenvalue weighted by Crippen LogP contribution is 2.41. The van der Waals surface area contributed by atoms with Crippen LogP contribution in [0.2, 0.25) is 0 Å². The quantitative estimate of drug-likeness (QED) is 0.818. The van der Waals surface area contributed by atoms with Gasteiger partial charge in [-0.15, -0.1) is 0 Å². The lowest BCUT2D eigenvalue weighted by molar-refractivity contribution is -0.120. The summed E-state index contributed by atoms with van der Waals surface area (Å²) in [7, 11) is -2.95. The van der Waals surface area contributed by atoms with Crippen molar-refractivity contribution in [2.24, 2.45) is 5.92 Å². The van der Waals surface area contributed by atoms with Gasteiger partial charge in [-0.05, 0) is 44.6 Å². The van der Waals surface area contributed by atoms with Crippen LogP contribution in [0.25, 0.3) is 0 Å². The van der Waals surface area contributed by atoms with Crippen molar-refractivity contribution < 1.29 is 13.2 Å². The van der Waals surface area contributed by atoms with Gasteiger partial charge in [-0.2, -0.15) is 0 Å². The van der Waals surface area contributed by atoms with Crippen molar-refractivity contribution in [3.8, 4) is 0 Å². The Labute approximate surface area is 129 Å². The standard InChI is InChI=1S/C16H31NO3S/c1-3-10-17-15(13-21(2,18)19)14-7-11-20-16(12-14)8-5-4-6-9-16/h14-15,17H,3-13H2,1-2H3. The number of nitrogens with one attached hydrogen (secondary N) is 1. The Morgan fingerprint density at radius 3 is 2.62 bits per heavy atom. The molecule has 1 spiro atoms. The predicted octanol–water partition coefficient (Wildman–Crippen LogP) is 2.53. The molecule has 1 aliphatic carbocycles. The highest BCUT2D eigenvalue weighted by molar-refractivity contribution is 7.90. The molecule has 21 heavy (non-hydrogen) atoms. The highest BCUT2D eigenvalue weighted by atomic mass is 32.2. The largest absolute Gasteiger partial charge is 0.375 e. The van der Waals surface area contributed by atoms with Gasteiger partial charge in [-0.3, -0.25) is 0 Å². The van der Waals surface area contributed by atoms with Gasteiger partial charge in [0.25, 0.3) is 0 Å². The fourth-order valence-corrected chi connectivity index (χ4v) is 5.01. The van der Waals surface area contributed by atoms with Gasteiger partial charge >= 0.3 is 0 Å². The summed E-state index contributed by atoms with van der Waals surface area (Å²) in [5.74, 6) is 0.687. The Kier molecular flexibility index (Phi) is 6.09. The van der Waals surface area contributed by atoms with Crippen molar-refractivity contribution in [1.29, 1.82) is 0 Å². The van der Waals surface area contributed by atoms with E-state index in [0.717, 1.165) is 45.3 Å². The van der Waals surface area contributed by atoms with Gasteiger partial charge in [0.15, 0.2) is 0 Å². The Bertz CT molecular complexity index is 410. The molecule has 0 bridgehead atoms. The van der Waals surface area contributed by atoms with Gasteiger partial charge in [-0.1, -0.05) is 26.2 Å². The van der Waals surface area contributed by atoms with Crippen LogP contribution in [-0.4, -0.2) is 45.2 Å². The first kappa shape index (κ1) is 17.2. The van der Waals surface area contributed by atoms with Crippen molar-refractivity contribution in [3.05, 3.63) is 0 Å². The molecule has 5 heteroatoms. The predicted molar refractivity (Wildman–Crippen MR) is 86.3 cm³/mol. The lowest BCUT2D eigenvalue weighted by atomic mass is 9.74. The number of hydrogen-bond donors (Lipinski definition) is 1. The van der Waals surface area contributed by atoms with Crippen molar-refractivity contribution >= 4 is 9.84 Å². The second-order valence-electron chi connectivity index (χ2n) is 7.00. The zero-order valence-corrected chi connectivity index (χ0v) is 14.4. The van der Waals surface area contributed by atoms with E-state index in [1.54, 1.807) is 0 Å². The number of hydrogen-bond acceptors (Lipinski definition) is 4. The monoisotopic (exact) mass is 317 g/mol. The van der Waals surface area contributed by atoms with Crippen LogP contribution in [0.4, 0.5) is 0 Å². The third kappa shape index (κ3) is 5.22. The Morgan fingerprint density at radius 1 is 1.29 bits per heavy atom. The van der Waals surface area contributed by atoms with E-state index in [4.69, 9.17) is 4.74 Å². The van der Waals surface area contributed by atoms with E-state index in [9.17, 15) is 8.42 Å². The minimum absolute atomic E-state index is 0.0464. The van der Waals surface area contributed by atoms with Crippen molar-refractivity contribution in [2.75, 3.05) is 25.2 Å². The molecule has 2 atom stereocenters. The maximum atomic E-state index is 11.7. The maximum absolute atomic E-state index is 11.7. The molecule has 0 radical (unpaired) electrons. The van der Waals surface area contributed by atoms with Gasteiger partial charge in [0.2, 0.25) is 0 Å². The summed E-state index contributed by atoms with van der Waals surface area (Å²) in [6.07, 6.45) is 10.5. The van der Waals surface area contributed by atoms with Crippen LogP contribution in [0.3, 0.4) is 0 Å². The molecule has 1 heterocycles. The second kappa shape index (κ2) is 7.42. The molecule has 1 saturated heterocycles. The van der Waals surface area contributed by atoms with Gasteiger partial charge in [0, 0.05) is 18.9 Å². The van der Waals surface area contributed by atoms with E-state index < -0.39 is 9.84 Å². The minimum Gasteiger partial charge on any atom is -0.375 e. The Morgan fingerprint density at radius 2 is 2.00 bits per heavy atom. The zero-order valence-electron chi connectivity index (χ0n) is 13.6. The summed E-state index contributed by atoms with van der Waals surface area (Å²) in [6.45, 7) is 3.81. The summed E-state index contributed by atoms with van der Waals surface area (Å²) in [6, 6.07) is 0.0858. The summed E-state index contributed by atoms with van der Waals surface area (Å²) < 4.78 is 29.6. The molecule has 124 valence electrons. The van der Waals surface area contributed by atoms with Gasteiger partial charge in [-0.25, -0.2) is 8.42 Å². The van der Waals surface area contributed by atoms with Crippen LogP contribution in [0.15, 0.2) is 0 Å². The summed E-state index contributed by atoms with van der Waals surface area (Å²) in [5.41, 5.74) is 0.0464. The molecule has 1 aliphatic heterocycles. The van der Waals surface area contributed by atoms with Crippen LogP contribution in [0.5, 0.6) is 0 Å². The van der Waals surface area contributed by atoms with Gasteiger partial charge in [0.1, 0.15) is 9.84 Å². The summed E-state index contributed by atoms with van der Waals surface area (Å²) in [4.78, 5) is 0. The first-order chi connectivity index (χ1) is 9.94. The van der Waals surface area contributed by atoms with E-state index in [1.165, 1.54) is 25.5 Å². The van der Waals surface area contributed by atoms with Crippen LogP contribution < -0.4 is 5.32 Å². The first-order valence-corrected chi connectivity index (χ1v) is 10.6.